The number of rotatable bonds is 8. The predicted molar refractivity (Wildman–Crippen MR) is 177 cm³/mol. The zero-order chi connectivity index (χ0) is 25.5. The Morgan fingerprint density at radius 1 is 0.568 bits per heavy atom. The zero-order valence-electron chi connectivity index (χ0n) is 21.0. The van der Waals surface area contributed by atoms with Crippen LogP contribution in [0.4, 0.5) is 0 Å². The first-order valence-corrected chi connectivity index (χ1v) is 22.7. The minimum Gasteiger partial charge on any atom is -0.0981 e. The molecule has 4 unspecified atom stereocenters. The van der Waals surface area contributed by atoms with Gasteiger partial charge in [-0.1, -0.05) is 152 Å². The summed E-state index contributed by atoms with van der Waals surface area (Å²) in [6.45, 7) is 4.45. The van der Waals surface area contributed by atoms with Crippen LogP contribution in [0.5, 0.6) is 0 Å². The Morgan fingerprint density at radius 3 is 1.24 bits per heavy atom. The number of hydrogen-bond donors (Lipinski definition) is 0. The Bertz CT molecular complexity index is 1430. The molecule has 0 spiro atoms. The van der Waals surface area contributed by atoms with Gasteiger partial charge in [0.05, 0.1) is 0 Å². The normalized spacial score (nSPS) is 14.1. The number of hydrogen-bond acceptors (Lipinski definition) is 0. The monoisotopic (exact) mass is 570 g/mol. The van der Waals surface area contributed by atoms with Crippen LogP contribution in [-0.4, -0.2) is 0 Å². The summed E-state index contributed by atoms with van der Waals surface area (Å²) in [6.07, 6.45) is 10.1. The van der Waals surface area contributed by atoms with E-state index in [0.29, 0.717) is 0 Å². The molecule has 0 aliphatic heterocycles. The summed E-state index contributed by atoms with van der Waals surface area (Å²) < 4.78 is 0. The fourth-order valence-electron chi connectivity index (χ4n) is 4.31. The van der Waals surface area contributed by atoms with E-state index in [4.69, 9.17) is 0 Å². The van der Waals surface area contributed by atoms with E-state index in [-0.39, 0.29) is 0 Å². The topological polar surface area (TPSA) is 0 Å². The van der Waals surface area contributed by atoms with Gasteiger partial charge in [0.25, 0.3) is 0 Å². The van der Waals surface area contributed by atoms with E-state index in [1.54, 1.807) is 21.2 Å². The van der Waals surface area contributed by atoms with E-state index in [2.05, 4.69) is 159 Å². The molecule has 0 amide bonds. The highest BCUT2D eigenvalue weighted by atomic mass is 32.7. The second-order valence-electron chi connectivity index (χ2n) is 8.43. The molecule has 0 bridgehead atoms. The predicted octanol–water partition coefficient (Wildman–Crippen LogP) is 13.7. The largest absolute Gasteiger partial charge is 0.0981 e. The molecule has 0 aliphatic carbocycles. The van der Waals surface area contributed by atoms with Gasteiger partial charge in [-0.3, -0.25) is 0 Å². The zero-order valence-corrected chi connectivity index (χ0v) is 25.5. The summed E-state index contributed by atoms with van der Waals surface area (Å²) in [6, 6.07) is 45.9. The van der Waals surface area contributed by atoms with Crippen LogP contribution in [0.15, 0.2) is 152 Å². The smallest absolute Gasteiger partial charge is 0.00633 e. The van der Waals surface area contributed by atoms with Crippen LogP contribution in [0.3, 0.4) is 0 Å². The maximum Gasteiger partial charge on any atom is 0.00633 e. The summed E-state index contributed by atoms with van der Waals surface area (Å²) in [5.74, 6) is 0. The molecule has 184 valence electrons. The van der Waals surface area contributed by atoms with E-state index in [1.807, 2.05) is 0 Å². The van der Waals surface area contributed by atoms with Crippen LogP contribution >= 0.6 is 34.4 Å². The maximum absolute atomic E-state index is 4.40. The van der Waals surface area contributed by atoms with Gasteiger partial charge >= 0.3 is 0 Å². The van der Waals surface area contributed by atoms with Crippen molar-refractivity contribution < 1.29 is 0 Å². The maximum atomic E-state index is 4.40. The molecule has 0 saturated heterocycles. The van der Waals surface area contributed by atoms with Gasteiger partial charge in [0.2, 0.25) is 0 Å². The molecule has 1 heterocycles. The minimum atomic E-state index is -0.434. The van der Waals surface area contributed by atoms with Crippen LogP contribution < -0.4 is 0 Å². The van der Waals surface area contributed by atoms with Crippen LogP contribution in [0, 0.1) is 0 Å². The summed E-state index contributed by atoms with van der Waals surface area (Å²) in [4.78, 5) is 0. The van der Waals surface area contributed by atoms with Crippen molar-refractivity contribution in [3.05, 3.63) is 152 Å². The molecule has 5 heteroatoms. The molecule has 1 aromatic heterocycles. The molecule has 5 aromatic rings. The van der Waals surface area contributed by atoms with Crippen molar-refractivity contribution in [3.8, 4) is 21.2 Å². The molecular formula is C32H31P5. The third-order valence-electron chi connectivity index (χ3n) is 5.98. The lowest BCUT2D eigenvalue weighted by atomic mass is 10.3. The molecule has 0 saturated carbocycles. The molecule has 0 nitrogen and oxygen atoms in total. The molecule has 37 heavy (non-hydrogen) atoms. The first-order valence-electron chi connectivity index (χ1n) is 12.5. The number of allylic oxidation sites excluding steroid dienone is 5. The van der Waals surface area contributed by atoms with E-state index in [0.717, 1.165) is 6.42 Å². The van der Waals surface area contributed by atoms with Gasteiger partial charge in [-0.25, -0.2) is 0 Å². The molecular weight excluding hydrogens is 539 g/mol. The summed E-state index contributed by atoms with van der Waals surface area (Å²) in [7, 11) is 0. The van der Waals surface area contributed by atoms with Gasteiger partial charge < -0.3 is 0 Å². The highest BCUT2D eigenvalue weighted by molar-refractivity contribution is 8.78. The van der Waals surface area contributed by atoms with Crippen molar-refractivity contribution in [2.24, 2.45) is 0 Å². The second-order valence-corrected chi connectivity index (χ2v) is 30.6. The third kappa shape index (κ3) is 5.72. The molecule has 5 rings (SSSR count). The van der Waals surface area contributed by atoms with Crippen LogP contribution in [0.2, 0.25) is 0 Å². The number of benzene rings is 4. The van der Waals surface area contributed by atoms with Crippen molar-refractivity contribution in [1.82, 2.24) is 0 Å². The standard InChI is InChI=1S/C32H31P5/c1-3-5-10-19-28(4-2)33-34(29-20-11-6-12-21-29)36(31-24-15-8-16-25-31)37(32-26-17-9-18-27-32)35(33)30-22-13-7-14-23-30/h3-9,11-27H,2,10H2,1H3/b5-3-,28-19+. The van der Waals surface area contributed by atoms with Crippen LogP contribution in [0.25, 0.3) is 26.5 Å². The van der Waals surface area contributed by atoms with Crippen molar-refractivity contribution in [2.75, 3.05) is 0 Å². The van der Waals surface area contributed by atoms with Crippen molar-refractivity contribution in [3.63, 3.8) is 0 Å². The van der Waals surface area contributed by atoms with Crippen LogP contribution in [0.1, 0.15) is 13.3 Å². The SMILES string of the molecule is C=C/C(=C\C/C=C\C)p1p(-c2ccccc2)p(-c2ccccc2)p(-c2ccccc2)p1-c1ccccc1. The van der Waals surface area contributed by atoms with Gasteiger partial charge in [0, 0.05) is 26.5 Å². The van der Waals surface area contributed by atoms with Gasteiger partial charge in [-0.15, -0.1) is 0 Å². The van der Waals surface area contributed by atoms with Crippen LogP contribution in [-0.2, 0) is 0 Å². The average molecular weight is 570 g/mol. The first kappa shape index (κ1) is 26.2. The summed E-state index contributed by atoms with van der Waals surface area (Å²) in [5.41, 5.74) is 0. The molecule has 4 atom stereocenters. The minimum absolute atomic E-state index is 0.398. The Morgan fingerprint density at radius 2 is 0.919 bits per heavy atom. The molecule has 0 aliphatic rings. The first-order chi connectivity index (χ1) is 18.3. The summed E-state index contributed by atoms with van der Waals surface area (Å²) in [5, 5.41) is 7.74. The quantitative estimate of drug-likeness (QED) is 0.129. The van der Waals surface area contributed by atoms with E-state index in [9.17, 15) is 0 Å². The molecule has 4 aromatic carbocycles. The van der Waals surface area contributed by atoms with Crippen molar-refractivity contribution in [2.45, 2.75) is 13.3 Å². The highest BCUT2D eigenvalue weighted by Crippen LogP contribution is 2.97. The fourth-order valence-corrected chi connectivity index (χ4v) is 69.3. The lowest BCUT2D eigenvalue weighted by molar-refractivity contribution is 1.39. The molecule has 0 fully saturated rings. The lowest BCUT2D eigenvalue weighted by Gasteiger charge is -2.13. The lowest BCUT2D eigenvalue weighted by Crippen LogP contribution is -1.67. The van der Waals surface area contributed by atoms with Crippen molar-refractivity contribution >= 4 is 39.8 Å². The van der Waals surface area contributed by atoms with Crippen molar-refractivity contribution in [1.29, 1.82) is 0 Å². The summed E-state index contributed by atoms with van der Waals surface area (Å²) >= 11 is 0. The van der Waals surface area contributed by atoms with E-state index < -0.39 is 34.4 Å². The van der Waals surface area contributed by atoms with Gasteiger partial charge in [0.15, 0.2) is 0 Å². The Balaban J connectivity index is 2.01. The third-order valence-corrected chi connectivity index (χ3v) is 46.4. The molecule has 0 radical (unpaired) electrons. The van der Waals surface area contributed by atoms with Gasteiger partial charge in [0.1, 0.15) is 0 Å². The fraction of sp³-hybridized carbons (Fsp3) is 0.0625. The average Bonchev–Trinajstić information content (AvgIpc) is 3.33. The molecule has 0 N–H and O–H groups in total. The Kier molecular flexibility index (Phi) is 9.14. The Labute approximate surface area is 225 Å². The highest BCUT2D eigenvalue weighted by Gasteiger charge is 2.27. The van der Waals surface area contributed by atoms with Gasteiger partial charge in [-0.05, 0) is 47.8 Å². The Hall–Kier alpha value is -2.40. The van der Waals surface area contributed by atoms with E-state index in [1.165, 1.54) is 5.31 Å². The second kappa shape index (κ2) is 12.9. The van der Waals surface area contributed by atoms with Gasteiger partial charge in [-0.2, -0.15) is 0 Å². The van der Waals surface area contributed by atoms with E-state index >= 15 is 0 Å².